The van der Waals surface area contributed by atoms with Crippen molar-refractivity contribution < 1.29 is 23.9 Å². The van der Waals surface area contributed by atoms with Crippen molar-refractivity contribution in [1.82, 2.24) is 5.32 Å². The molecule has 0 fully saturated rings. The molecule has 0 aliphatic carbocycles. The molecule has 0 aromatic heterocycles. The lowest BCUT2D eigenvalue weighted by atomic mass is 10.1. The quantitative estimate of drug-likeness (QED) is 0.471. The van der Waals surface area contributed by atoms with Gasteiger partial charge in [0.25, 0.3) is 11.6 Å². The average molecular weight is 379 g/mol. The molecule has 9 heteroatoms. The van der Waals surface area contributed by atoms with Gasteiger partial charge in [0.1, 0.15) is 31.1 Å². The van der Waals surface area contributed by atoms with Gasteiger partial charge in [-0.05, 0) is 18.2 Å². The van der Waals surface area contributed by atoms with E-state index in [9.17, 15) is 14.9 Å². The van der Waals surface area contributed by atoms with Gasteiger partial charge in [-0.25, -0.2) is 0 Å². The minimum absolute atomic E-state index is 0.0954. The van der Waals surface area contributed by atoms with Crippen molar-refractivity contribution in [1.29, 1.82) is 0 Å². The van der Waals surface area contributed by atoms with E-state index in [4.69, 9.17) is 25.8 Å². The number of nitrogens with zero attached hydrogens (tertiary/aromatic N) is 1. The van der Waals surface area contributed by atoms with Crippen LogP contribution < -0.4 is 19.5 Å². The van der Waals surface area contributed by atoms with Crippen molar-refractivity contribution in [2.45, 2.75) is 0 Å². The van der Waals surface area contributed by atoms with Gasteiger partial charge in [0.15, 0.2) is 11.5 Å². The van der Waals surface area contributed by atoms with Crippen molar-refractivity contribution >= 4 is 23.2 Å². The molecule has 1 heterocycles. The van der Waals surface area contributed by atoms with Gasteiger partial charge in [-0.15, -0.1) is 0 Å². The van der Waals surface area contributed by atoms with Crippen LogP contribution in [-0.2, 0) is 0 Å². The van der Waals surface area contributed by atoms with E-state index >= 15 is 0 Å². The maximum atomic E-state index is 12.3. The summed E-state index contributed by atoms with van der Waals surface area (Å²) in [5.74, 6) is 0.534. The number of amides is 1. The van der Waals surface area contributed by atoms with Gasteiger partial charge in [0.05, 0.1) is 17.5 Å². The predicted molar refractivity (Wildman–Crippen MR) is 93.4 cm³/mol. The number of hydrogen-bond donors (Lipinski definition) is 1. The highest BCUT2D eigenvalue weighted by Gasteiger charge is 2.26. The number of nitrogens with one attached hydrogen (secondary N) is 1. The summed E-state index contributed by atoms with van der Waals surface area (Å²) in [6.07, 6.45) is 0. The van der Waals surface area contributed by atoms with Crippen LogP contribution >= 0.6 is 11.6 Å². The van der Waals surface area contributed by atoms with Crippen molar-refractivity contribution in [2.75, 3.05) is 26.4 Å². The molecule has 1 amide bonds. The summed E-state index contributed by atoms with van der Waals surface area (Å²) in [7, 11) is 0. The molecular formula is C17H15ClN2O6. The van der Waals surface area contributed by atoms with Crippen LogP contribution in [0.4, 0.5) is 5.69 Å². The number of hydrogen-bond acceptors (Lipinski definition) is 6. The van der Waals surface area contributed by atoms with Gasteiger partial charge in [-0.3, -0.25) is 14.9 Å². The van der Waals surface area contributed by atoms with Crippen LogP contribution in [0.3, 0.4) is 0 Å². The van der Waals surface area contributed by atoms with E-state index in [1.165, 1.54) is 12.1 Å². The normalized spacial score (nSPS) is 12.3. The van der Waals surface area contributed by atoms with Crippen molar-refractivity contribution in [3.8, 4) is 17.2 Å². The number of ether oxygens (including phenoxy) is 3. The Morgan fingerprint density at radius 3 is 2.65 bits per heavy atom. The molecule has 0 radical (unpaired) electrons. The summed E-state index contributed by atoms with van der Waals surface area (Å²) in [6, 6.07) is 9.37. The number of carbonyl (C=O) groups is 1. The van der Waals surface area contributed by atoms with Crippen molar-refractivity contribution in [3.63, 3.8) is 0 Å². The van der Waals surface area contributed by atoms with Crippen LogP contribution in [0, 0.1) is 10.1 Å². The lowest BCUT2D eigenvalue weighted by Gasteiger charge is -2.18. The summed E-state index contributed by atoms with van der Waals surface area (Å²) in [5.41, 5.74) is -0.440. The van der Waals surface area contributed by atoms with Gasteiger partial charge < -0.3 is 19.5 Å². The minimum atomic E-state index is -0.629. The molecule has 8 nitrogen and oxygen atoms in total. The van der Waals surface area contributed by atoms with Gasteiger partial charge in [0.2, 0.25) is 0 Å². The molecule has 2 aromatic carbocycles. The SMILES string of the molecule is O=C(NCCOc1cccc(Cl)c1)c1cc2c(cc1[N+](=O)[O-])OCCO2. The Morgan fingerprint density at radius 2 is 1.96 bits per heavy atom. The summed E-state index contributed by atoms with van der Waals surface area (Å²) in [4.78, 5) is 23.0. The fraction of sp³-hybridized carbons (Fsp3) is 0.235. The summed E-state index contributed by atoms with van der Waals surface area (Å²) < 4.78 is 16.2. The zero-order valence-electron chi connectivity index (χ0n) is 13.6. The number of benzene rings is 2. The maximum absolute atomic E-state index is 12.3. The van der Waals surface area contributed by atoms with Gasteiger partial charge >= 0.3 is 0 Å². The molecular weight excluding hydrogens is 364 g/mol. The molecule has 2 aromatic rings. The first kappa shape index (κ1) is 17.8. The Kier molecular flexibility index (Phi) is 5.43. The predicted octanol–water partition coefficient (Wildman–Crippen LogP) is 2.83. The topological polar surface area (TPSA) is 99.9 Å². The standard InChI is InChI=1S/C17H15ClN2O6/c18-11-2-1-3-12(8-11)24-5-4-19-17(21)13-9-15-16(26-7-6-25-15)10-14(13)20(22)23/h1-3,8-10H,4-7H2,(H,19,21). The second kappa shape index (κ2) is 7.92. The van der Waals surface area contributed by atoms with E-state index in [2.05, 4.69) is 5.32 Å². The third kappa shape index (κ3) is 4.15. The Morgan fingerprint density at radius 1 is 1.23 bits per heavy atom. The molecule has 0 saturated carbocycles. The highest BCUT2D eigenvalue weighted by Crippen LogP contribution is 2.36. The van der Waals surface area contributed by atoms with Crippen LogP contribution in [-0.4, -0.2) is 37.2 Å². The Bertz CT molecular complexity index is 842. The molecule has 26 heavy (non-hydrogen) atoms. The number of fused-ring (bicyclic) bond motifs is 1. The van der Waals surface area contributed by atoms with Crippen LogP contribution in [0.1, 0.15) is 10.4 Å². The first-order valence-corrected chi connectivity index (χ1v) is 8.17. The number of nitro groups is 1. The molecule has 0 unspecified atom stereocenters. The smallest absolute Gasteiger partial charge is 0.286 e. The third-order valence-electron chi connectivity index (χ3n) is 3.55. The molecule has 1 aliphatic heterocycles. The number of nitro benzene ring substituents is 1. The molecule has 1 aliphatic rings. The van der Waals surface area contributed by atoms with Crippen LogP contribution in [0.2, 0.25) is 5.02 Å². The monoisotopic (exact) mass is 378 g/mol. The van der Waals surface area contributed by atoms with E-state index in [0.29, 0.717) is 29.7 Å². The van der Waals surface area contributed by atoms with Gasteiger partial charge in [-0.1, -0.05) is 17.7 Å². The summed E-state index contributed by atoms with van der Waals surface area (Å²) in [6.45, 7) is 0.970. The second-order valence-electron chi connectivity index (χ2n) is 5.33. The molecule has 0 atom stereocenters. The van der Waals surface area contributed by atoms with Crippen LogP contribution in [0.15, 0.2) is 36.4 Å². The number of rotatable bonds is 6. The molecule has 0 saturated heterocycles. The zero-order valence-corrected chi connectivity index (χ0v) is 14.3. The Labute approximate surface area is 153 Å². The molecule has 3 rings (SSSR count). The third-order valence-corrected chi connectivity index (χ3v) is 3.79. The Hall–Kier alpha value is -3.00. The summed E-state index contributed by atoms with van der Waals surface area (Å²) >= 11 is 5.86. The molecule has 1 N–H and O–H groups in total. The highest BCUT2D eigenvalue weighted by molar-refractivity contribution is 6.30. The minimum Gasteiger partial charge on any atom is -0.492 e. The lowest BCUT2D eigenvalue weighted by Crippen LogP contribution is -2.29. The van der Waals surface area contributed by atoms with Crippen LogP contribution in [0.25, 0.3) is 0 Å². The molecule has 0 spiro atoms. The first-order valence-electron chi connectivity index (χ1n) is 7.79. The number of carbonyl (C=O) groups excluding carboxylic acids is 1. The lowest BCUT2D eigenvalue weighted by molar-refractivity contribution is -0.385. The van der Waals surface area contributed by atoms with Crippen molar-refractivity contribution in [2.24, 2.45) is 0 Å². The van der Waals surface area contributed by atoms with E-state index in [-0.39, 0.29) is 30.2 Å². The molecule has 136 valence electrons. The van der Waals surface area contributed by atoms with E-state index in [1.54, 1.807) is 24.3 Å². The van der Waals surface area contributed by atoms with Crippen molar-refractivity contribution in [3.05, 3.63) is 57.1 Å². The maximum Gasteiger partial charge on any atom is 0.286 e. The first-order chi connectivity index (χ1) is 12.5. The van der Waals surface area contributed by atoms with E-state index in [1.807, 2.05) is 0 Å². The summed E-state index contributed by atoms with van der Waals surface area (Å²) in [5, 5.41) is 14.4. The second-order valence-corrected chi connectivity index (χ2v) is 5.77. The zero-order chi connectivity index (χ0) is 18.5. The number of halogens is 1. The fourth-order valence-electron chi connectivity index (χ4n) is 2.40. The van der Waals surface area contributed by atoms with E-state index in [0.717, 1.165) is 0 Å². The molecule has 0 bridgehead atoms. The van der Waals surface area contributed by atoms with Gasteiger partial charge in [-0.2, -0.15) is 0 Å². The highest BCUT2D eigenvalue weighted by atomic mass is 35.5. The fourth-order valence-corrected chi connectivity index (χ4v) is 2.58. The van der Waals surface area contributed by atoms with Crippen LogP contribution in [0.5, 0.6) is 17.2 Å². The Balaban J connectivity index is 1.64. The van der Waals surface area contributed by atoms with Gasteiger partial charge in [0, 0.05) is 11.1 Å². The van der Waals surface area contributed by atoms with E-state index < -0.39 is 10.8 Å². The largest absolute Gasteiger partial charge is 0.492 e. The average Bonchev–Trinajstić information content (AvgIpc) is 2.64.